The highest BCUT2D eigenvalue weighted by Gasteiger charge is 2.10. The lowest BCUT2D eigenvalue weighted by Gasteiger charge is -2.15. The molecule has 0 aromatic heterocycles. The third-order valence-corrected chi connectivity index (χ3v) is 5.59. The van der Waals surface area contributed by atoms with Crippen LogP contribution in [0, 0.1) is 0 Å². The van der Waals surface area contributed by atoms with Crippen LogP contribution in [0.4, 0.5) is 0 Å². The van der Waals surface area contributed by atoms with Crippen LogP contribution in [0.5, 0.6) is 5.75 Å². The van der Waals surface area contributed by atoms with E-state index in [9.17, 15) is 4.21 Å². The van der Waals surface area contributed by atoms with Crippen molar-refractivity contribution >= 4 is 21.8 Å². The van der Waals surface area contributed by atoms with Gasteiger partial charge in [-0.05, 0) is 53.4 Å². The van der Waals surface area contributed by atoms with Crippen molar-refractivity contribution in [3.05, 3.63) is 72.3 Å². The quantitative estimate of drug-likeness (QED) is 0.635. The Bertz CT molecular complexity index is 890. The smallest absolute Gasteiger partial charge is 0.125 e. The molecule has 0 heterocycles. The zero-order valence-electron chi connectivity index (χ0n) is 15.4. The van der Waals surface area contributed by atoms with Gasteiger partial charge in [-0.3, -0.25) is 0 Å². The van der Waals surface area contributed by atoms with E-state index in [0.29, 0.717) is 12.5 Å². The normalized spacial score (nSPS) is 13.7. The first-order chi connectivity index (χ1) is 12.5. The maximum atomic E-state index is 12.6. The molecule has 3 aromatic rings. The first kappa shape index (κ1) is 18.6. The van der Waals surface area contributed by atoms with Gasteiger partial charge in [0, 0.05) is 0 Å². The average molecular weight is 368 g/mol. The summed E-state index contributed by atoms with van der Waals surface area (Å²) in [6, 6.07) is 22.1. The van der Waals surface area contributed by atoms with Gasteiger partial charge in [0.25, 0.3) is 0 Å². The molecule has 3 nitrogen and oxygen atoms in total. The minimum absolute atomic E-state index is 0.0351. The van der Waals surface area contributed by atoms with E-state index in [4.69, 9.17) is 4.74 Å². The maximum Gasteiger partial charge on any atom is 0.125 e. The lowest BCUT2D eigenvalue weighted by atomic mass is 10.0. The Kier molecular flexibility index (Phi) is 6.07. The van der Waals surface area contributed by atoms with Gasteiger partial charge in [0.15, 0.2) is 0 Å². The van der Waals surface area contributed by atoms with E-state index in [1.807, 2.05) is 55.5 Å². The van der Waals surface area contributed by atoms with Gasteiger partial charge in [-0.1, -0.05) is 56.3 Å². The lowest BCUT2D eigenvalue weighted by molar-refractivity contribution is 0.289. The summed E-state index contributed by atoms with van der Waals surface area (Å²) in [5.74, 6) is 1.34. The third kappa shape index (κ3) is 4.71. The molecule has 0 amide bonds. The van der Waals surface area contributed by atoms with Crippen molar-refractivity contribution in [3.63, 3.8) is 0 Å². The van der Waals surface area contributed by atoms with E-state index in [0.717, 1.165) is 21.4 Å². The Hall–Kier alpha value is -2.17. The standard InChI is InChI=1S/C22H25NO2S/c1-16(2)18-8-11-21(12-9-18)25-15-17(3)23-26(24)22-13-10-19-6-4-5-7-20(19)14-22/h4-14,16-17,23H,15H2,1-3H3/t17-,26+/m0/s1. The maximum absolute atomic E-state index is 12.6. The van der Waals surface area contributed by atoms with E-state index >= 15 is 0 Å². The van der Waals surface area contributed by atoms with Crippen LogP contribution in [-0.4, -0.2) is 16.9 Å². The number of fused-ring (bicyclic) bond motifs is 1. The molecule has 0 aliphatic carbocycles. The molecule has 1 N–H and O–H groups in total. The molecule has 0 saturated heterocycles. The molecule has 0 saturated carbocycles. The summed E-state index contributed by atoms with van der Waals surface area (Å²) in [5.41, 5.74) is 1.29. The molecule has 0 aliphatic heterocycles. The Balaban J connectivity index is 1.56. The number of hydrogen-bond acceptors (Lipinski definition) is 2. The molecule has 2 atom stereocenters. The fourth-order valence-corrected chi connectivity index (χ4v) is 3.73. The summed E-state index contributed by atoms with van der Waals surface area (Å²) in [7, 11) is -1.27. The molecule has 0 radical (unpaired) electrons. The summed E-state index contributed by atoms with van der Waals surface area (Å²) >= 11 is 0. The van der Waals surface area contributed by atoms with E-state index < -0.39 is 11.0 Å². The van der Waals surface area contributed by atoms with Crippen LogP contribution in [0.2, 0.25) is 0 Å². The molecule has 0 bridgehead atoms. The van der Waals surface area contributed by atoms with Gasteiger partial charge in [-0.25, -0.2) is 8.93 Å². The molecule has 26 heavy (non-hydrogen) atoms. The van der Waals surface area contributed by atoms with Crippen LogP contribution in [0.25, 0.3) is 10.8 Å². The molecule has 3 aromatic carbocycles. The zero-order chi connectivity index (χ0) is 18.5. The van der Waals surface area contributed by atoms with Crippen LogP contribution in [-0.2, 0) is 11.0 Å². The Morgan fingerprint density at radius 3 is 2.31 bits per heavy atom. The first-order valence-electron chi connectivity index (χ1n) is 8.92. The van der Waals surface area contributed by atoms with Crippen molar-refractivity contribution in [3.8, 4) is 5.75 Å². The van der Waals surface area contributed by atoms with Crippen molar-refractivity contribution in [1.82, 2.24) is 4.72 Å². The zero-order valence-corrected chi connectivity index (χ0v) is 16.3. The van der Waals surface area contributed by atoms with E-state index in [2.05, 4.69) is 36.8 Å². The SMILES string of the molecule is CC(C)c1ccc(OC[C@H](C)N[S@](=O)c2ccc3ccccc3c2)cc1. The molecule has 136 valence electrons. The van der Waals surface area contributed by atoms with Crippen molar-refractivity contribution in [2.75, 3.05) is 6.61 Å². The second-order valence-corrected chi connectivity index (χ2v) is 8.08. The number of benzene rings is 3. The van der Waals surface area contributed by atoms with Gasteiger partial charge in [0.2, 0.25) is 0 Å². The Morgan fingerprint density at radius 1 is 0.923 bits per heavy atom. The number of rotatable bonds is 7. The highest BCUT2D eigenvalue weighted by Crippen LogP contribution is 2.19. The van der Waals surface area contributed by atoms with E-state index in [-0.39, 0.29) is 6.04 Å². The van der Waals surface area contributed by atoms with Gasteiger partial charge in [-0.2, -0.15) is 0 Å². The average Bonchev–Trinajstić information content (AvgIpc) is 2.66. The molecule has 4 heteroatoms. The van der Waals surface area contributed by atoms with Crippen LogP contribution in [0.15, 0.2) is 71.6 Å². The monoisotopic (exact) mass is 367 g/mol. The largest absolute Gasteiger partial charge is 0.492 e. The molecule has 3 rings (SSSR count). The first-order valence-corrected chi connectivity index (χ1v) is 10.1. The van der Waals surface area contributed by atoms with Crippen molar-refractivity contribution in [2.24, 2.45) is 0 Å². The number of hydrogen-bond donors (Lipinski definition) is 1. The third-order valence-electron chi connectivity index (χ3n) is 4.29. The minimum Gasteiger partial charge on any atom is -0.492 e. The van der Waals surface area contributed by atoms with E-state index in [1.54, 1.807) is 0 Å². The Morgan fingerprint density at radius 2 is 1.62 bits per heavy atom. The van der Waals surface area contributed by atoms with Crippen LogP contribution < -0.4 is 9.46 Å². The van der Waals surface area contributed by atoms with Crippen LogP contribution in [0.1, 0.15) is 32.3 Å². The Labute approximate surface area is 158 Å². The van der Waals surface area contributed by atoms with Gasteiger partial charge in [0.05, 0.1) is 10.9 Å². The lowest BCUT2D eigenvalue weighted by Crippen LogP contribution is -2.33. The minimum atomic E-state index is -1.27. The summed E-state index contributed by atoms with van der Waals surface area (Å²) in [5, 5.41) is 2.24. The predicted octanol–water partition coefficient (Wildman–Crippen LogP) is 5.04. The van der Waals surface area contributed by atoms with Crippen molar-refractivity contribution in [2.45, 2.75) is 37.6 Å². The molecule has 0 fully saturated rings. The summed E-state index contributed by atoms with van der Waals surface area (Å²) in [4.78, 5) is 0.775. The second kappa shape index (κ2) is 8.47. The number of ether oxygens (including phenoxy) is 1. The topological polar surface area (TPSA) is 38.3 Å². The molecule has 0 spiro atoms. The van der Waals surface area contributed by atoms with Gasteiger partial charge >= 0.3 is 0 Å². The molecular formula is C22H25NO2S. The fourth-order valence-electron chi connectivity index (χ4n) is 2.74. The number of nitrogens with one attached hydrogen (secondary N) is 1. The highest BCUT2D eigenvalue weighted by molar-refractivity contribution is 7.83. The van der Waals surface area contributed by atoms with Crippen molar-refractivity contribution < 1.29 is 8.95 Å². The van der Waals surface area contributed by atoms with E-state index in [1.165, 1.54) is 5.56 Å². The molecular weight excluding hydrogens is 342 g/mol. The fraction of sp³-hybridized carbons (Fsp3) is 0.273. The van der Waals surface area contributed by atoms with Crippen molar-refractivity contribution in [1.29, 1.82) is 0 Å². The molecule has 0 unspecified atom stereocenters. The highest BCUT2D eigenvalue weighted by atomic mass is 32.2. The summed E-state index contributed by atoms with van der Waals surface area (Å²) in [6.07, 6.45) is 0. The summed E-state index contributed by atoms with van der Waals surface area (Å²) in [6.45, 7) is 6.77. The summed E-state index contributed by atoms with van der Waals surface area (Å²) < 4.78 is 21.5. The van der Waals surface area contributed by atoms with Gasteiger partial charge < -0.3 is 4.74 Å². The van der Waals surface area contributed by atoms with Crippen LogP contribution in [0.3, 0.4) is 0 Å². The predicted molar refractivity (Wildman–Crippen MR) is 109 cm³/mol. The van der Waals surface area contributed by atoms with Gasteiger partial charge in [-0.15, -0.1) is 0 Å². The second-order valence-electron chi connectivity index (χ2n) is 6.83. The van der Waals surface area contributed by atoms with Crippen LogP contribution >= 0.6 is 0 Å². The van der Waals surface area contributed by atoms with Gasteiger partial charge in [0.1, 0.15) is 23.3 Å². The molecule has 0 aliphatic rings.